The second-order valence-electron chi connectivity index (χ2n) is 7.45. The van der Waals surface area contributed by atoms with Crippen molar-refractivity contribution in [3.8, 4) is 0 Å². The number of aromatic nitrogens is 1. The molecule has 2 fully saturated rings. The van der Waals surface area contributed by atoms with Gasteiger partial charge in [0.25, 0.3) is 5.91 Å². The SMILES string of the molecule is CNS(=O)(=O)c1cc(C(=O)NCC2(N3CCOCC3)CCCCC2)n(C)c1. The van der Waals surface area contributed by atoms with Gasteiger partial charge in [0, 0.05) is 38.4 Å². The predicted molar refractivity (Wildman–Crippen MR) is 102 cm³/mol. The Morgan fingerprint density at radius 1 is 1.22 bits per heavy atom. The molecule has 1 aliphatic carbocycles. The minimum Gasteiger partial charge on any atom is -0.379 e. The van der Waals surface area contributed by atoms with Crippen molar-refractivity contribution in [3.63, 3.8) is 0 Å². The van der Waals surface area contributed by atoms with Crippen molar-refractivity contribution in [3.05, 3.63) is 18.0 Å². The standard InChI is InChI=1S/C18H30N4O4S/c1-19-27(24,25)15-12-16(21(2)13-15)17(23)20-14-18(6-4-3-5-7-18)22-8-10-26-11-9-22/h12-13,19H,3-11,14H2,1-2H3,(H,20,23). The lowest BCUT2D eigenvalue weighted by Crippen LogP contribution is -2.59. The van der Waals surface area contributed by atoms with Gasteiger partial charge in [0.05, 0.1) is 13.2 Å². The second kappa shape index (κ2) is 8.30. The highest BCUT2D eigenvalue weighted by atomic mass is 32.2. The Balaban J connectivity index is 1.73. The summed E-state index contributed by atoms with van der Waals surface area (Å²) in [7, 11) is -0.530. The molecule has 1 aromatic heterocycles. The lowest BCUT2D eigenvalue weighted by molar-refractivity contribution is -0.0361. The van der Waals surface area contributed by atoms with E-state index in [9.17, 15) is 13.2 Å². The third-order valence-corrected chi connectivity index (χ3v) is 7.22. The van der Waals surface area contributed by atoms with Crippen LogP contribution in [0.4, 0.5) is 0 Å². The molecule has 27 heavy (non-hydrogen) atoms. The molecule has 152 valence electrons. The largest absolute Gasteiger partial charge is 0.379 e. The van der Waals surface area contributed by atoms with Crippen LogP contribution in [0.25, 0.3) is 0 Å². The van der Waals surface area contributed by atoms with E-state index in [-0.39, 0.29) is 16.3 Å². The molecule has 2 aliphatic rings. The second-order valence-corrected chi connectivity index (χ2v) is 9.33. The Kier molecular flexibility index (Phi) is 6.25. The monoisotopic (exact) mass is 398 g/mol. The van der Waals surface area contributed by atoms with Gasteiger partial charge in [-0.2, -0.15) is 0 Å². The highest BCUT2D eigenvalue weighted by Gasteiger charge is 2.39. The number of carbonyl (C=O) groups is 1. The van der Waals surface area contributed by atoms with Gasteiger partial charge in [-0.1, -0.05) is 19.3 Å². The smallest absolute Gasteiger partial charge is 0.268 e. The molecule has 1 amide bonds. The van der Waals surface area contributed by atoms with Crippen LogP contribution < -0.4 is 10.0 Å². The summed E-state index contributed by atoms with van der Waals surface area (Å²) in [5.41, 5.74) is 0.319. The highest BCUT2D eigenvalue weighted by Crippen LogP contribution is 2.34. The zero-order valence-electron chi connectivity index (χ0n) is 16.2. The summed E-state index contributed by atoms with van der Waals surface area (Å²) >= 11 is 0. The number of nitrogens with one attached hydrogen (secondary N) is 2. The Bertz CT molecular complexity index is 762. The van der Waals surface area contributed by atoms with Crippen LogP contribution >= 0.6 is 0 Å². The molecule has 0 aromatic carbocycles. The van der Waals surface area contributed by atoms with Crippen molar-refractivity contribution < 1.29 is 17.9 Å². The van der Waals surface area contributed by atoms with Crippen molar-refractivity contribution in [1.82, 2.24) is 19.5 Å². The number of amides is 1. The predicted octanol–water partition coefficient (Wildman–Crippen LogP) is 0.698. The lowest BCUT2D eigenvalue weighted by atomic mass is 9.79. The van der Waals surface area contributed by atoms with Crippen LogP contribution in [0.3, 0.4) is 0 Å². The van der Waals surface area contributed by atoms with E-state index in [0.717, 1.165) is 39.1 Å². The number of morpholine rings is 1. The maximum Gasteiger partial charge on any atom is 0.268 e. The number of aryl methyl sites for hydroxylation is 1. The van der Waals surface area contributed by atoms with Gasteiger partial charge in [-0.3, -0.25) is 9.69 Å². The molecule has 3 rings (SSSR count). The first-order valence-electron chi connectivity index (χ1n) is 9.59. The fourth-order valence-corrected chi connectivity index (χ4v) is 5.01. The summed E-state index contributed by atoms with van der Waals surface area (Å²) in [6.45, 7) is 3.83. The number of ether oxygens (including phenoxy) is 1. The van der Waals surface area contributed by atoms with Crippen molar-refractivity contribution in [1.29, 1.82) is 0 Å². The molecule has 1 saturated heterocycles. The molecule has 9 heteroatoms. The van der Waals surface area contributed by atoms with Crippen molar-refractivity contribution in [2.75, 3.05) is 39.9 Å². The van der Waals surface area contributed by atoms with Gasteiger partial charge in [0.15, 0.2) is 0 Å². The molecule has 1 aliphatic heterocycles. The number of rotatable bonds is 6. The maximum atomic E-state index is 12.8. The third kappa shape index (κ3) is 4.37. The number of hydrogen-bond donors (Lipinski definition) is 2. The first-order valence-corrected chi connectivity index (χ1v) is 11.1. The molecule has 0 bridgehead atoms. The number of hydrogen-bond acceptors (Lipinski definition) is 5. The van der Waals surface area contributed by atoms with E-state index in [2.05, 4.69) is 14.9 Å². The average Bonchev–Trinajstić information content (AvgIpc) is 3.10. The Morgan fingerprint density at radius 3 is 2.52 bits per heavy atom. The minimum atomic E-state index is -3.57. The molecule has 0 atom stereocenters. The maximum absolute atomic E-state index is 12.8. The number of carbonyl (C=O) groups excluding carboxylic acids is 1. The Morgan fingerprint density at radius 2 is 1.89 bits per heavy atom. The molecule has 8 nitrogen and oxygen atoms in total. The number of sulfonamides is 1. The molecule has 0 spiro atoms. The molecular weight excluding hydrogens is 368 g/mol. The van der Waals surface area contributed by atoms with Crippen LogP contribution in [0.1, 0.15) is 42.6 Å². The third-order valence-electron chi connectivity index (χ3n) is 5.84. The van der Waals surface area contributed by atoms with Crippen molar-refractivity contribution in [2.24, 2.45) is 7.05 Å². The van der Waals surface area contributed by atoms with Crippen LogP contribution in [-0.4, -0.2) is 69.2 Å². The summed E-state index contributed by atoms with van der Waals surface area (Å²) < 4.78 is 33.3. The van der Waals surface area contributed by atoms with Gasteiger partial charge in [-0.15, -0.1) is 0 Å². The first-order chi connectivity index (χ1) is 12.9. The van der Waals surface area contributed by atoms with Gasteiger partial charge in [-0.05, 0) is 26.0 Å². The summed E-state index contributed by atoms with van der Waals surface area (Å²) in [5, 5.41) is 3.07. The molecule has 1 saturated carbocycles. The fourth-order valence-electron chi connectivity index (χ4n) is 4.21. The lowest BCUT2D eigenvalue weighted by Gasteiger charge is -2.48. The van der Waals surface area contributed by atoms with E-state index in [1.807, 2.05) is 0 Å². The van der Waals surface area contributed by atoms with E-state index in [0.29, 0.717) is 12.2 Å². The van der Waals surface area contributed by atoms with E-state index in [1.165, 1.54) is 38.6 Å². The summed E-state index contributed by atoms with van der Waals surface area (Å²) in [6, 6.07) is 1.42. The topological polar surface area (TPSA) is 92.7 Å². The van der Waals surface area contributed by atoms with Crippen LogP contribution in [0, 0.1) is 0 Å². The highest BCUT2D eigenvalue weighted by molar-refractivity contribution is 7.89. The first kappa shape index (κ1) is 20.3. The van der Waals surface area contributed by atoms with E-state index in [4.69, 9.17) is 4.74 Å². The average molecular weight is 399 g/mol. The molecular formula is C18H30N4O4S. The van der Waals surface area contributed by atoms with E-state index < -0.39 is 10.0 Å². The van der Waals surface area contributed by atoms with Crippen LogP contribution in [0.2, 0.25) is 0 Å². The zero-order valence-corrected chi connectivity index (χ0v) is 17.0. The normalized spacial score (nSPS) is 21.1. The zero-order chi connectivity index (χ0) is 19.5. The van der Waals surface area contributed by atoms with Gasteiger partial charge >= 0.3 is 0 Å². The van der Waals surface area contributed by atoms with E-state index >= 15 is 0 Å². The van der Waals surface area contributed by atoms with Crippen molar-refractivity contribution >= 4 is 15.9 Å². The molecule has 1 aromatic rings. The quantitative estimate of drug-likeness (QED) is 0.736. The van der Waals surface area contributed by atoms with Crippen molar-refractivity contribution in [2.45, 2.75) is 42.5 Å². The molecule has 0 radical (unpaired) electrons. The molecule has 2 heterocycles. The number of nitrogens with zero attached hydrogens (tertiary/aromatic N) is 2. The van der Waals surface area contributed by atoms with Gasteiger partial charge in [-0.25, -0.2) is 13.1 Å². The van der Waals surface area contributed by atoms with Crippen LogP contribution in [0.5, 0.6) is 0 Å². The molecule has 0 unspecified atom stereocenters. The Labute approximate surface area is 161 Å². The van der Waals surface area contributed by atoms with Gasteiger partial charge < -0.3 is 14.6 Å². The Hall–Kier alpha value is -1.42. The minimum absolute atomic E-state index is 0.0251. The van der Waals surface area contributed by atoms with Crippen LogP contribution in [0.15, 0.2) is 17.2 Å². The summed E-state index contributed by atoms with van der Waals surface area (Å²) in [5.74, 6) is -0.242. The van der Waals surface area contributed by atoms with Crippen LogP contribution in [-0.2, 0) is 21.8 Å². The van der Waals surface area contributed by atoms with Gasteiger partial charge in [0.1, 0.15) is 10.6 Å². The summed E-state index contributed by atoms with van der Waals surface area (Å²) in [4.78, 5) is 15.3. The van der Waals surface area contributed by atoms with E-state index in [1.54, 1.807) is 11.6 Å². The van der Waals surface area contributed by atoms with Gasteiger partial charge in [0.2, 0.25) is 10.0 Å². The molecule has 2 N–H and O–H groups in total. The summed E-state index contributed by atoms with van der Waals surface area (Å²) in [6.07, 6.45) is 7.17. The fraction of sp³-hybridized carbons (Fsp3) is 0.722.